The number of carbonyl (C=O) groups excluding carboxylic acids is 1. The highest BCUT2D eigenvalue weighted by Crippen LogP contribution is 2.22. The second kappa shape index (κ2) is 6.42. The van der Waals surface area contributed by atoms with Crippen molar-refractivity contribution in [2.45, 2.75) is 25.9 Å². The van der Waals surface area contributed by atoms with Crippen LogP contribution in [0.5, 0.6) is 5.75 Å². The van der Waals surface area contributed by atoms with Gasteiger partial charge in [0.2, 0.25) is 0 Å². The van der Waals surface area contributed by atoms with Crippen LogP contribution >= 0.6 is 0 Å². The largest absolute Gasteiger partial charge is 0.484 e. The van der Waals surface area contributed by atoms with E-state index in [9.17, 15) is 9.90 Å². The van der Waals surface area contributed by atoms with Crippen molar-refractivity contribution in [3.63, 3.8) is 0 Å². The van der Waals surface area contributed by atoms with Crippen molar-refractivity contribution in [2.24, 2.45) is 7.05 Å². The lowest BCUT2D eigenvalue weighted by atomic mass is 10.0. The molecule has 1 aliphatic heterocycles. The molecule has 0 saturated carbocycles. The first-order valence-corrected chi connectivity index (χ1v) is 7.67. The lowest BCUT2D eigenvalue weighted by Gasteiger charge is -2.34. The van der Waals surface area contributed by atoms with Gasteiger partial charge in [0.15, 0.2) is 6.61 Å². The first-order chi connectivity index (χ1) is 11.1. The molecule has 2 heterocycles. The highest BCUT2D eigenvalue weighted by Gasteiger charge is 2.31. The van der Waals surface area contributed by atoms with Crippen LogP contribution in [0.15, 0.2) is 30.6 Å². The predicted octanol–water partition coefficient (Wildman–Crippen LogP) is 1.05. The fraction of sp³-hybridized carbons (Fsp3) is 0.412. The highest BCUT2D eigenvalue weighted by atomic mass is 16.5. The van der Waals surface area contributed by atoms with Crippen LogP contribution in [0.3, 0.4) is 0 Å². The fourth-order valence-corrected chi connectivity index (χ4v) is 2.84. The summed E-state index contributed by atoms with van der Waals surface area (Å²) in [4.78, 5) is 18.5. The molecule has 6 heteroatoms. The minimum absolute atomic E-state index is 0.0400. The Labute approximate surface area is 135 Å². The van der Waals surface area contributed by atoms with Gasteiger partial charge in [0.25, 0.3) is 5.91 Å². The van der Waals surface area contributed by atoms with E-state index >= 15 is 0 Å². The number of hydrogen-bond acceptors (Lipinski definition) is 4. The van der Waals surface area contributed by atoms with Gasteiger partial charge < -0.3 is 19.3 Å². The van der Waals surface area contributed by atoms with E-state index in [1.807, 2.05) is 42.8 Å². The summed E-state index contributed by atoms with van der Waals surface area (Å²) in [7, 11) is 1.93. The molecule has 0 fully saturated rings. The number of aliphatic hydroxyl groups excluding tert-OH is 1. The van der Waals surface area contributed by atoms with E-state index in [0.29, 0.717) is 18.7 Å². The van der Waals surface area contributed by atoms with E-state index in [-0.39, 0.29) is 25.2 Å². The first-order valence-electron chi connectivity index (χ1n) is 7.67. The highest BCUT2D eigenvalue weighted by molar-refractivity contribution is 5.78. The molecule has 0 spiro atoms. The van der Waals surface area contributed by atoms with Crippen molar-refractivity contribution in [1.29, 1.82) is 0 Å². The van der Waals surface area contributed by atoms with Crippen LogP contribution in [0, 0.1) is 6.92 Å². The van der Waals surface area contributed by atoms with Crippen molar-refractivity contribution in [1.82, 2.24) is 14.5 Å². The maximum atomic E-state index is 12.5. The van der Waals surface area contributed by atoms with Gasteiger partial charge in [0.05, 0.1) is 31.2 Å². The molecular formula is C17H21N3O3. The summed E-state index contributed by atoms with van der Waals surface area (Å²) in [5, 5.41) is 9.62. The molecule has 1 aliphatic rings. The monoisotopic (exact) mass is 315 g/mol. The maximum absolute atomic E-state index is 12.5. The van der Waals surface area contributed by atoms with Crippen LogP contribution in [-0.2, 0) is 24.8 Å². The van der Waals surface area contributed by atoms with Crippen LogP contribution < -0.4 is 4.74 Å². The molecule has 0 bridgehead atoms. The summed E-state index contributed by atoms with van der Waals surface area (Å²) in [5.74, 6) is 0.529. The van der Waals surface area contributed by atoms with E-state index in [4.69, 9.17) is 4.74 Å². The molecule has 0 unspecified atom stereocenters. The summed E-state index contributed by atoms with van der Waals surface area (Å²) < 4.78 is 7.51. The molecule has 0 aliphatic carbocycles. The summed E-state index contributed by atoms with van der Waals surface area (Å²) in [6.45, 7) is 2.30. The second-order valence-corrected chi connectivity index (χ2v) is 5.91. The zero-order chi connectivity index (χ0) is 16.4. The Morgan fingerprint density at radius 1 is 1.39 bits per heavy atom. The van der Waals surface area contributed by atoms with Crippen molar-refractivity contribution < 1.29 is 14.6 Å². The summed E-state index contributed by atoms with van der Waals surface area (Å²) in [5.41, 5.74) is 3.11. The molecule has 6 nitrogen and oxygen atoms in total. The van der Waals surface area contributed by atoms with Crippen molar-refractivity contribution in [3.05, 3.63) is 47.5 Å². The topological polar surface area (TPSA) is 67.6 Å². The Hall–Kier alpha value is -2.34. The third-order valence-corrected chi connectivity index (χ3v) is 4.25. The Bertz CT molecular complexity index is 694. The van der Waals surface area contributed by atoms with Crippen molar-refractivity contribution in [3.8, 4) is 5.75 Å². The maximum Gasteiger partial charge on any atom is 0.261 e. The normalized spacial score (nSPS) is 17.0. The summed E-state index contributed by atoms with van der Waals surface area (Å²) in [6.07, 6.45) is 2.36. The number of imidazole rings is 1. The van der Waals surface area contributed by atoms with Gasteiger partial charge in [-0.1, -0.05) is 17.7 Å². The van der Waals surface area contributed by atoms with E-state index in [1.54, 1.807) is 11.2 Å². The number of rotatable bonds is 4. The summed E-state index contributed by atoms with van der Waals surface area (Å²) in [6, 6.07) is 7.35. The molecule has 1 amide bonds. The molecule has 1 aromatic carbocycles. The average Bonchev–Trinajstić information content (AvgIpc) is 2.93. The molecule has 3 rings (SSSR count). The number of nitrogens with zero attached hydrogens (tertiary/aromatic N) is 3. The fourth-order valence-electron chi connectivity index (χ4n) is 2.84. The predicted molar refractivity (Wildman–Crippen MR) is 85.0 cm³/mol. The van der Waals surface area contributed by atoms with Gasteiger partial charge >= 0.3 is 0 Å². The molecule has 0 saturated heterocycles. The number of benzene rings is 1. The number of aryl methyl sites for hydroxylation is 2. The number of hydrogen-bond donors (Lipinski definition) is 1. The minimum Gasteiger partial charge on any atom is -0.484 e. The van der Waals surface area contributed by atoms with Gasteiger partial charge in [0.1, 0.15) is 5.75 Å². The van der Waals surface area contributed by atoms with Gasteiger partial charge in [-0.25, -0.2) is 4.98 Å². The zero-order valence-electron chi connectivity index (χ0n) is 13.4. The number of fused-ring (bicyclic) bond motifs is 1. The molecule has 0 radical (unpaired) electrons. The van der Waals surface area contributed by atoms with Gasteiger partial charge in [0, 0.05) is 19.2 Å². The molecule has 122 valence electrons. The SMILES string of the molecule is Cc1ccc(OCC(=O)N2Cc3ncn(C)c3C[C@@H]2CO)cc1. The van der Waals surface area contributed by atoms with Crippen LogP contribution in [0.25, 0.3) is 0 Å². The van der Waals surface area contributed by atoms with E-state index < -0.39 is 0 Å². The van der Waals surface area contributed by atoms with E-state index in [1.165, 1.54) is 0 Å². The van der Waals surface area contributed by atoms with Crippen molar-refractivity contribution >= 4 is 5.91 Å². The minimum atomic E-state index is -0.230. The van der Waals surface area contributed by atoms with Crippen LogP contribution in [-0.4, -0.2) is 44.7 Å². The van der Waals surface area contributed by atoms with Crippen LogP contribution in [0.1, 0.15) is 17.0 Å². The average molecular weight is 315 g/mol. The molecule has 23 heavy (non-hydrogen) atoms. The molecule has 1 aromatic heterocycles. The first kappa shape index (κ1) is 15.6. The Morgan fingerprint density at radius 2 is 2.13 bits per heavy atom. The summed E-state index contributed by atoms with van der Waals surface area (Å²) >= 11 is 0. The van der Waals surface area contributed by atoms with Gasteiger partial charge in [-0.2, -0.15) is 0 Å². The van der Waals surface area contributed by atoms with Crippen LogP contribution in [0.4, 0.5) is 0 Å². The number of ether oxygens (including phenoxy) is 1. The molecular weight excluding hydrogens is 294 g/mol. The third-order valence-electron chi connectivity index (χ3n) is 4.25. The lowest BCUT2D eigenvalue weighted by Crippen LogP contribution is -2.48. The lowest BCUT2D eigenvalue weighted by molar-refractivity contribution is -0.138. The van der Waals surface area contributed by atoms with Gasteiger partial charge in [-0.3, -0.25) is 4.79 Å². The van der Waals surface area contributed by atoms with Crippen LogP contribution in [0.2, 0.25) is 0 Å². The van der Waals surface area contributed by atoms with E-state index in [0.717, 1.165) is 17.0 Å². The molecule has 1 N–H and O–H groups in total. The number of carbonyl (C=O) groups is 1. The number of aromatic nitrogens is 2. The smallest absolute Gasteiger partial charge is 0.261 e. The third kappa shape index (κ3) is 3.22. The van der Waals surface area contributed by atoms with Gasteiger partial charge in [-0.05, 0) is 19.1 Å². The quantitative estimate of drug-likeness (QED) is 0.916. The zero-order valence-corrected chi connectivity index (χ0v) is 13.4. The Balaban J connectivity index is 1.67. The Kier molecular flexibility index (Phi) is 4.34. The van der Waals surface area contributed by atoms with Gasteiger partial charge in [-0.15, -0.1) is 0 Å². The standard InChI is InChI=1S/C17H21N3O3/c1-12-3-5-14(6-4-12)23-10-17(22)20-8-15-16(7-13(20)9-21)19(2)11-18-15/h3-6,11,13,21H,7-10H2,1-2H3/t13-/m1/s1. The molecule has 1 atom stereocenters. The molecule has 2 aromatic rings. The Morgan fingerprint density at radius 3 is 2.83 bits per heavy atom. The second-order valence-electron chi connectivity index (χ2n) is 5.91. The number of aliphatic hydroxyl groups is 1. The van der Waals surface area contributed by atoms with E-state index in [2.05, 4.69) is 4.98 Å². The number of amides is 1. The van der Waals surface area contributed by atoms with Crippen molar-refractivity contribution in [2.75, 3.05) is 13.2 Å².